The van der Waals surface area contributed by atoms with E-state index < -0.39 is 0 Å². The molecule has 1 fully saturated rings. The zero-order valence-electron chi connectivity index (χ0n) is 9.17. The van der Waals surface area contributed by atoms with Crippen molar-refractivity contribution in [1.82, 2.24) is 15.0 Å². The molecule has 1 heterocycles. The van der Waals surface area contributed by atoms with E-state index in [2.05, 4.69) is 32.9 Å². The highest BCUT2D eigenvalue weighted by Crippen LogP contribution is 2.41. The van der Waals surface area contributed by atoms with Gasteiger partial charge in [-0.1, -0.05) is 23.4 Å². The Morgan fingerprint density at radius 2 is 2.12 bits per heavy atom. The van der Waals surface area contributed by atoms with E-state index in [9.17, 15) is 5.11 Å². The van der Waals surface area contributed by atoms with Gasteiger partial charge in [0.15, 0.2) is 0 Å². The summed E-state index contributed by atoms with van der Waals surface area (Å²) in [5.41, 5.74) is 2.88. The van der Waals surface area contributed by atoms with Gasteiger partial charge in [-0.05, 0) is 41.5 Å². The van der Waals surface area contributed by atoms with Crippen LogP contribution in [-0.4, -0.2) is 20.1 Å². The molecule has 1 N–H and O–H groups in total. The second kappa shape index (κ2) is 4.38. The largest absolute Gasteiger partial charge is 0.392 e. The Morgan fingerprint density at radius 3 is 2.82 bits per heavy atom. The number of aliphatic hydroxyl groups is 1. The minimum absolute atomic E-state index is 0.0187. The van der Waals surface area contributed by atoms with Crippen LogP contribution in [0.5, 0.6) is 0 Å². The predicted octanol–water partition coefficient (Wildman–Crippen LogP) is 2.24. The molecule has 0 spiro atoms. The third-order valence-electron chi connectivity index (χ3n) is 2.99. The first kappa shape index (κ1) is 11.2. The van der Waals surface area contributed by atoms with Crippen molar-refractivity contribution in [2.75, 3.05) is 0 Å². The van der Waals surface area contributed by atoms with Crippen molar-refractivity contribution in [1.29, 1.82) is 0 Å². The molecule has 4 nitrogen and oxygen atoms in total. The lowest BCUT2D eigenvalue weighted by atomic mass is 10.2. The number of hydrogen-bond donors (Lipinski definition) is 1. The van der Waals surface area contributed by atoms with Crippen LogP contribution in [0.1, 0.15) is 30.0 Å². The highest BCUT2D eigenvalue weighted by Gasteiger charge is 2.30. The number of hydrogen-bond acceptors (Lipinski definition) is 3. The Morgan fingerprint density at radius 1 is 1.35 bits per heavy atom. The average molecular weight is 341 g/mol. The first-order chi connectivity index (χ1) is 8.31. The molecule has 0 saturated heterocycles. The van der Waals surface area contributed by atoms with Gasteiger partial charge in [0.05, 0.1) is 18.0 Å². The zero-order chi connectivity index (χ0) is 11.8. The molecule has 3 rings (SSSR count). The number of rotatable bonds is 3. The van der Waals surface area contributed by atoms with Crippen LogP contribution in [0.2, 0.25) is 0 Å². The standard InChI is InChI=1S/C12H12IN3O/c13-12-11(8-5-6-8)14-15-16(12)10-4-2-1-3-9(10)7-17/h1-4,8,17H,5-7H2. The predicted molar refractivity (Wildman–Crippen MR) is 72.0 cm³/mol. The SMILES string of the molecule is OCc1ccccc1-n1nnc(C2CC2)c1I. The van der Waals surface area contributed by atoms with Gasteiger partial charge in [-0.15, -0.1) is 5.10 Å². The van der Waals surface area contributed by atoms with Crippen molar-refractivity contribution in [2.24, 2.45) is 0 Å². The molecule has 0 atom stereocenters. The minimum atomic E-state index is 0.0187. The first-order valence-corrected chi connectivity index (χ1v) is 6.69. The van der Waals surface area contributed by atoms with E-state index >= 15 is 0 Å². The maximum atomic E-state index is 9.34. The highest BCUT2D eigenvalue weighted by molar-refractivity contribution is 14.1. The van der Waals surface area contributed by atoms with E-state index in [0.29, 0.717) is 5.92 Å². The molecule has 1 saturated carbocycles. The van der Waals surface area contributed by atoms with Crippen molar-refractivity contribution in [3.05, 3.63) is 39.2 Å². The lowest BCUT2D eigenvalue weighted by Gasteiger charge is -2.07. The molecule has 1 aliphatic rings. The van der Waals surface area contributed by atoms with Crippen LogP contribution in [0.4, 0.5) is 0 Å². The van der Waals surface area contributed by atoms with Crippen molar-refractivity contribution >= 4 is 22.6 Å². The molecule has 88 valence electrons. The van der Waals surface area contributed by atoms with E-state index in [-0.39, 0.29) is 6.61 Å². The molecule has 1 aromatic carbocycles. The average Bonchev–Trinajstić information content (AvgIpc) is 3.13. The fraction of sp³-hybridized carbons (Fsp3) is 0.333. The Bertz CT molecular complexity index is 548. The summed E-state index contributed by atoms with van der Waals surface area (Å²) in [4.78, 5) is 0. The summed E-state index contributed by atoms with van der Waals surface area (Å²) in [7, 11) is 0. The van der Waals surface area contributed by atoms with Gasteiger partial charge in [0.1, 0.15) is 3.70 Å². The third kappa shape index (κ3) is 1.97. The smallest absolute Gasteiger partial charge is 0.128 e. The number of aliphatic hydroxyl groups excluding tert-OH is 1. The van der Waals surface area contributed by atoms with Gasteiger partial charge in [-0.25, -0.2) is 4.68 Å². The van der Waals surface area contributed by atoms with Crippen molar-refractivity contribution in [3.8, 4) is 5.69 Å². The van der Waals surface area contributed by atoms with Gasteiger partial charge in [0.2, 0.25) is 0 Å². The first-order valence-electron chi connectivity index (χ1n) is 5.61. The third-order valence-corrected chi connectivity index (χ3v) is 4.00. The summed E-state index contributed by atoms with van der Waals surface area (Å²) >= 11 is 2.28. The topological polar surface area (TPSA) is 50.9 Å². The van der Waals surface area contributed by atoms with E-state index in [1.54, 1.807) is 0 Å². The molecule has 17 heavy (non-hydrogen) atoms. The van der Waals surface area contributed by atoms with E-state index in [1.807, 2.05) is 28.9 Å². The molecule has 0 aliphatic heterocycles. The molecule has 0 unspecified atom stereocenters. The summed E-state index contributed by atoms with van der Waals surface area (Å²) in [6.07, 6.45) is 2.44. The number of aromatic nitrogens is 3. The van der Waals surface area contributed by atoms with Crippen molar-refractivity contribution in [3.63, 3.8) is 0 Å². The van der Waals surface area contributed by atoms with Gasteiger partial charge in [0, 0.05) is 11.5 Å². The fourth-order valence-corrected chi connectivity index (χ4v) is 2.80. The van der Waals surface area contributed by atoms with Crippen molar-refractivity contribution in [2.45, 2.75) is 25.4 Å². The van der Waals surface area contributed by atoms with Crippen molar-refractivity contribution < 1.29 is 5.11 Å². The van der Waals surface area contributed by atoms with Crippen LogP contribution in [-0.2, 0) is 6.61 Å². The summed E-state index contributed by atoms with van der Waals surface area (Å²) in [6.45, 7) is 0.0187. The Hall–Kier alpha value is -0.950. The van der Waals surface area contributed by atoms with Crippen LogP contribution in [0.15, 0.2) is 24.3 Å². The second-order valence-corrected chi connectivity index (χ2v) is 5.26. The summed E-state index contributed by atoms with van der Waals surface area (Å²) < 4.78 is 2.88. The zero-order valence-corrected chi connectivity index (χ0v) is 11.3. The summed E-state index contributed by atoms with van der Waals surface area (Å²) in [5.74, 6) is 0.594. The normalized spacial score (nSPS) is 15.2. The maximum Gasteiger partial charge on any atom is 0.128 e. The van der Waals surface area contributed by atoms with Crippen LogP contribution in [0.3, 0.4) is 0 Å². The quantitative estimate of drug-likeness (QED) is 0.872. The number of halogens is 1. The van der Waals surface area contributed by atoms with Crippen LogP contribution in [0, 0.1) is 3.70 Å². The molecule has 1 aromatic heterocycles. The monoisotopic (exact) mass is 341 g/mol. The summed E-state index contributed by atoms with van der Waals surface area (Å²) in [5, 5.41) is 17.8. The molecule has 5 heteroatoms. The Kier molecular flexibility index (Phi) is 2.87. The lowest BCUT2D eigenvalue weighted by molar-refractivity contribution is 0.281. The Labute approximate surface area is 113 Å². The van der Waals surface area contributed by atoms with E-state index in [4.69, 9.17) is 0 Å². The van der Waals surface area contributed by atoms with Gasteiger partial charge in [0.25, 0.3) is 0 Å². The minimum Gasteiger partial charge on any atom is -0.392 e. The maximum absolute atomic E-state index is 9.34. The van der Waals surface area contributed by atoms with Crippen LogP contribution < -0.4 is 0 Å². The molecule has 1 aliphatic carbocycles. The summed E-state index contributed by atoms with van der Waals surface area (Å²) in [6, 6.07) is 7.73. The van der Waals surface area contributed by atoms with Gasteiger partial charge in [-0.2, -0.15) is 0 Å². The van der Waals surface area contributed by atoms with E-state index in [0.717, 1.165) is 20.6 Å². The number of para-hydroxylation sites is 1. The van der Waals surface area contributed by atoms with Gasteiger partial charge >= 0.3 is 0 Å². The van der Waals surface area contributed by atoms with Crippen LogP contribution >= 0.6 is 22.6 Å². The van der Waals surface area contributed by atoms with Gasteiger partial charge < -0.3 is 5.11 Å². The van der Waals surface area contributed by atoms with Crippen LogP contribution in [0.25, 0.3) is 5.69 Å². The van der Waals surface area contributed by atoms with E-state index in [1.165, 1.54) is 12.8 Å². The molecule has 2 aromatic rings. The molecule has 0 radical (unpaired) electrons. The van der Waals surface area contributed by atoms with Gasteiger partial charge in [-0.3, -0.25) is 0 Å². The lowest BCUT2D eigenvalue weighted by Crippen LogP contribution is -2.03. The number of nitrogens with zero attached hydrogens (tertiary/aromatic N) is 3. The molecular formula is C12H12IN3O. The highest BCUT2D eigenvalue weighted by atomic mass is 127. The molecular weight excluding hydrogens is 329 g/mol. The Balaban J connectivity index is 2.08. The number of benzene rings is 1. The fourth-order valence-electron chi connectivity index (χ4n) is 1.89. The molecule has 0 bridgehead atoms. The molecule has 0 amide bonds. The second-order valence-electron chi connectivity index (χ2n) is 4.24.